The molecule has 1 aromatic carbocycles. The highest BCUT2D eigenvalue weighted by Gasteiger charge is 1.99. The van der Waals surface area contributed by atoms with Gasteiger partial charge in [0, 0.05) is 11.6 Å². The molecule has 1 aromatic rings. The van der Waals surface area contributed by atoms with E-state index in [1.807, 2.05) is 25.1 Å². The fourth-order valence-electron chi connectivity index (χ4n) is 1.16. The lowest BCUT2D eigenvalue weighted by atomic mass is 10.1. The molecule has 3 heteroatoms. The van der Waals surface area contributed by atoms with Crippen molar-refractivity contribution in [3.63, 3.8) is 0 Å². The van der Waals surface area contributed by atoms with Gasteiger partial charge in [-0.2, -0.15) is 0 Å². The summed E-state index contributed by atoms with van der Waals surface area (Å²) in [5.74, 6) is 7.44. The van der Waals surface area contributed by atoms with Crippen LogP contribution < -0.4 is 15.2 Å². The molecule has 1 atom stereocenters. The smallest absolute Gasteiger partial charge is 0.123 e. The van der Waals surface area contributed by atoms with E-state index in [0.717, 1.165) is 23.5 Å². The van der Waals surface area contributed by atoms with Gasteiger partial charge in [-0.3, -0.25) is 0 Å². The molecule has 0 saturated heterocycles. The van der Waals surface area contributed by atoms with Crippen LogP contribution in [0.4, 0.5) is 0 Å². The van der Waals surface area contributed by atoms with Crippen molar-refractivity contribution < 1.29 is 9.47 Å². The Morgan fingerprint density at radius 2 is 1.75 bits per heavy atom. The van der Waals surface area contributed by atoms with Crippen molar-refractivity contribution in [3.05, 3.63) is 23.8 Å². The van der Waals surface area contributed by atoms with Gasteiger partial charge in [0.05, 0.1) is 20.3 Å². The number of hydrogen-bond donors (Lipinski definition) is 1. The maximum absolute atomic E-state index is 5.73. The summed E-state index contributed by atoms with van der Waals surface area (Å²) in [4.78, 5) is 0. The highest BCUT2D eigenvalue weighted by atomic mass is 16.5. The highest BCUT2D eigenvalue weighted by molar-refractivity contribution is 5.46. The molecule has 0 aromatic heterocycles. The van der Waals surface area contributed by atoms with E-state index in [4.69, 9.17) is 15.2 Å². The second-order valence-electron chi connectivity index (χ2n) is 3.39. The predicted octanol–water partition coefficient (Wildman–Crippen LogP) is 1.79. The fourth-order valence-corrected chi connectivity index (χ4v) is 1.16. The van der Waals surface area contributed by atoms with Gasteiger partial charge in [-0.1, -0.05) is 18.8 Å². The quantitative estimate of drug-likeness (QED) is 0.788. The van der Waals surface area contributed by atoms with Crippen molar-refractivity contribution in [2.75, 3.05) is 14.2 Å². The minimum atomic E-state index is -0.0859. The summed E-state index contributed by atoms with van der Waals surface area (Å²) in [5.41, 5.74) is 6.57. The van der Waals surface area contributed by atoms with Gasteiger partial charge in [-0.05, 0) is 18.6 Å². The van der Waals surface area contributed by atoms with Crippen molar-refractivity contribution >= 4 is 0 Å². The molecule has 3 nitrogen and oxygen atoms in total. The standard InChI is InChI=1S/C13H17NO2/c1-4-11(14)6-5-10-7-12(15-2)9-13(8-10)16-3/h7-9,11H,4,14H2,1-3H3. The third-order valence-corrected chi connectivity index (χ3v) is 2.19. The van der Waals surface area contributed by atoms with Crippen LogP contribution in [0.25, 0.3) is 0 Å². The first kappa shape index (κ1) is 12.4. The molecular formula is C13H17NO2. The van der Waals surface area contributed by atoms with Crippen LogP contribution in [0.1, 0.15) is 18.9 Å². The molecule has 0 bridgehead atoms. The summed E-state index contributed by atoms with van der Waals surface area (Å²) >= 11 is 0. The van der Waals surface area contributed by atoms with Gasteiger partial charge in [0.15, 0.2) is 0 Å². The van der Waals surface area contributed by atoms with Crippen LogP contribution in [0.2, 0.25) is 0 Å². The number of rotatable bonds is 3. The summed E-state index contributed by atoms with van der Waals surface area (Å²) in [7, 11) is 3.23. The van der Waals surface area contributed by atoms with Crippen molar-refractivity contribution in [1.29, 1.82) is 0 Å². The Hall–Kier alpha value is -1.66. The van der Waals surface area contributed by atoms with E-state index in [1.165, 1.54) is 0 Å². The molecule has 0 aliphatic heterocycles. The average Bonchev–Trinajstić information content (AvgIpc) is 2.35. The Morgan fingerprint density at radius 1 is 1.19 bits per heavy atom. The van der Waals surface area contributed by atoms with E-state index in [0.29, 0.717) is 0 Å². The lowest BCUT2D eigenvalue weighted by molar-refractivity contribution is 0.394. The Labute approximate surface area is 96.6 Å². The SMILES string of the molecule is CCC(N)C#Cc1cc(OC)cc(OC)c1. The normalized spacial score (nSPS) is 11.2. The molecule has 0 spiro atoms. The monoisotopic (exact) mass is 219 g/mol. The molecule has 1 rings (SSSR count). The van der Waals surface area contributed by atoms with Crippen LogP contribution in [-0.4, -0.2) is 20.3 Å². The molecule has 0 heterocycles. The summed E-state index contributed by atoms with van der Waals surface area (Å²) < 4.78 is 10.3. The minimum Gasteiger partial charge on any atom is -0.497 e. The van der Waals surface area contributed by atoms with E-state index in [-0.39, 0.29) is 6.04 Å². The van der Waals surface area contributed by atoms with Gasteiger partial charge in [0.1, 0.15) is 11.5 Å². The van der Waals surface area contributed by atoms with E-state index in [1.54, 1.807) is 14.2 Å². The van der Waals surface area contributed by atoms with Crippen LogP contribution in [0.3, 0.4) is 0 Å². The molecule has 0 amide bonds. The molecule has 0 radical (unpaired) electrons. The Kier molecular flexibility index (Phi) is 4.68. The summed E-state index contributed by atoms with van der Waals surface area (Å²) in [6.45, 7) is 2.01. The fraction of sp³-hybridized carbons (Fsp3) is 0.385. The zero-order chi connectivity index (χ0) is 12.0. The number of ether oxygens (including phenoxy) is 2. The molecular weight excluding hydrogens is 202 g/mol. The van der Waals surface area contributed by atoms with E-state index >= 15 is 0 Å². The molecule has 0 saturated carbocycles. The van der Waals surface area contributed by atoms with Gasteiger partial charge in [-0.15, -0.1) is 0 Å². The third-order valence-electron chi connectivity index (χ3n) is 2.19. The Bertz CT molecular complexity index is 382. The molecule has 86 valence electrons. The lowest BCUT2D eigenvalue weighted by Crippen LogP contribution is -2.15. The Balaban J connectivity index is 2.97. The summed E-state index contributed by atoms with van der Waals surface area (Å²) in [6.07, 6.45) is 0.841. The van der Waals surface area contributed by atoms with Gasteiger partial charge in [-0.25, -0.2) is 0 Å². The molecule has 16 heavy (non-hydrogen) atoms. The topological polar surface area (TPSA) is 44.5 Å². The molecule has 1 unspecified atom stereocenters. The first-order valence-corrected chi connectivity index (χ1v) is 5.19. The van der Waals surface area contributed by atoms with E-state index in [2.05, 4.69) is 11.8 Å². The van der Waals surface area contributed by atoms with Crippen molar-refractivity contribution in [3.8, 4) is 23.3 Å². The molecule has 0 aliphatic carbocycles. The van der Waals surface area contributed by atoms with Gasteiger partial charge in [0.25, 0.3) is 0 Å². The van der Waals surface area contributed by atoms with Crippen molar-refractivity contribution in [1.82, 2.24) is 0 Å². The largest absolute Gasteiger partial charge is 0.497 e. The van der Waals surface area contributed by atoms with Crippen LogP contribution in [0.5, 0.6) is 11.5 Å². The van der Waals surface area contributed by atoms with Gasteiger partial charge < -0.3 is 15.2 Å². The Morgan fingerprint density at radius 3 is 2.19 bits per heavy atom. The zero-order valence-electron chi connectivity index (χ0n) is 9.91. The molecule has 2 N–H and O–H groups in total. The van der Waals surface area contributed by atoms with E-state index < -0.39 is 0 Å². The predicted molar refractivity (Wildman–Crippen MR) is 64.7 cm³/mol. The minimum absolute atomic E-state index is 0.0859. The zero-order valence-corrected chi connectivity index (χ0v) is 9.91. The lowest BCUT2D eigenvalue weighted by Gasteiger charge is -2.04. The number of nitrogens with two attached hydrogens (primary N) is 1. The second kappa shape index (κ2) is 6.04. The van der Waals surface area contributed by atoms with Gasteiger partial charge >= 0.3 is 0 Å². The third kappa shape index (κ3) is 3.48. The highest BCUT2D eigenvalue weighted by Crippen LogP contribution is 2.21. The summed E-state index contributed by atoms with van der Waals surface area (Å²) in [6, 6.07) is 5.44. The first-order valence-electron chi connectivity index (χ1n) is 5.19. The van der Waals surface area contributed by atoms with Crippen LogP contribution in [0.15, 0.2) is 18.2 Å². The second-order valence-corrected chi connectivity index (χ2v) is 3.39. The van der Waals surface area contributed by atoms with Crippen molar-refractivity contribution in [2.24, 2.45) is 5.73 Å². The number of methoxy groups -OCH3 is 2. The maximum Gasteiger partial charge on any atom is 0.123 e. The number of benzene rings is 1. The van der Waals surface area contributed by atoms with Crippen molar-refractivity contribution in [2.45, 2.75) is 19.4 Å². The maximum atomic E-state index is 5.73. The van der Waals surface area contributed by atoms with Gasteiger partial charge in [0.2, 0.25) is 0 Å². The average molecular weight is 219 g/mol. The molecule has 0 aliphatic rings. The van der Waals surface area contributed by atoms with E-state index in [9.17, 15) is 0 Å². The van der Waals surface area contributed by atoms with Crippen LogP contribution in [-0.2, 0) is 0 Å². The molecule has 0 fully saturated rings. The first-order chi connectivity index (χ1) is 7.69. The van der Waals surface area contributed by atoms with Crippen LogP contribution in [0, 0.1) is 11.8 Å². The number of hydrogen-bond acceptors (Lipinski definition) is 3. The van der Waals surface area contributed by atoms with Crippen LogP contribution >= 0.6 is 0 Å². The summed E-state index contributed by atoms with van der Waals surface area (Å²) in [5, 5.41) is 0.